The van der Waals surface area contributed by atoms with Gasteiger partial charge in [-0.25, -0.2) is 4.90 Å². The highest BCUT2D eigenvalue weighted by Gasteiger charge is 2.37. The van der Waals surface area contributed by atoms with Crippen LogP contribution in [0.5, 0.6) is 0 Å². The van der Waals surface area contributed by atoms with Crippen LogP contribution in [-0.4, -0.2) is 107 Å². The Morgan fingerprint density at radius 3 is 1.67 bits per heavy atom. The van der Waals surface area contributed by atoms with Crippen LogP contribution >= 0.6 is 12.4 Å². The number of halogens is 1. The molecule has 5 aromatic rings. The van der Waals surface area contributed by atoms with E-state index in [1.165, 1.54) is 36.4 Å². The van der Waals surface area contributed by atoms with Gasteiger partial charge in [0.25, 0.3) is 46.8 Å². The zero-order valence-electron chi connectivity index (χ0n) is 32.3. The smallest absolute Gasteiger partial charge is 0.270 e. The first-order valence-corrected chi connectivity index (χ1v) is 19.2. The van der Waals surface area contributed by atoms with Gasteiger partial charge in [0.1, 0.15) is 0 Å². The molecule has 0 radical (unpaired) electrons. The first-order chi connectivity index (χ1) is 28.9. The largest absolute Gasteiger partial charge is 0.351 e. The highest BCUT2D eigenvalue weighted by molar-refractivity contribution is 6.36. The molecule has 18 nitrogen and oxygen atoms in total. The topological polar surface area (TPSA) is 235 Å². The summed E-state index contributed by atoms with van der Waals surface area (Å²) < 4.78 is 0. The molecule has 1 saturated heterocycles. The molecule has 3 aliphatic heterocycles. The fraction of sp³-hybridized carbons (Fsp3) is 0.238. The number of carbonyl (C=O) groups is 6. The lowest BCUT2D eigenvalue weighted by atomic mass is 9.92. The molecule has 3 N–H and O–H groups in total. The molecule has 19 heteroatoms. The van der Waals surface area contributed by atoms with Crippen molar-refractivity contribution < 1.29 is 38.6 Å². The summed E-state index contributed by atoms with van der Waals surface area (Å²) in [5.41, 5.74) is -0.418. The summed E-state index contributed by atoms with van der Waals surface area (Å²) in [6.45, 7) is 3.03. The molecule has 5 aromatic carbocycles. The van der Waals surface area contributed by atoms with Crippen molar-refractivity contribution in [1.82, 2.24) is 25.8 Å². The summed E-state index contributed by atoms with van der Waals surface area (Å²) in [7, 11) is 0. The van der Waals surface area contributed by atoms with E-state index in [0.717, 1.165) is 47.9 Å². The van der Waals surface area contributed by atoms with Crippen molar-refractivity contribution in [1.29, 1.82) is 0 Å². The number of nitrogens with zero attached hydrogens (tertiary/aromatic N) is 5. The lowest BCUT2D eigenvalue weighted by Gasteiger charge is -2.28. The Morgan fingerprint density at radius 1 is 0.590 bits per heavy atom. The Hall–Kier alpha value is -7.15. The van der Waals surface area contributed by atoms with Gasteiger partial charge in [0.05, 0.1) is 26.7 Å². The number of hydrogen-bond acceptors (Lipinski definition) is 12. The van der Waals surface area contributed by atoms with Crippen molar-refractivity contribution in [2.45, 2.75) is 12.8 Å². The van der Waals surface area contributed by atoms with Crippen molar-refractivity contribution in [3.8, 4) is 0 Å². The molecule has 0 bridgehead atoms. The molecule has 8 rings (SSSR count). The van der Waals surface area contributed by atoms with Gasteiger partial charge in [0.15, 0.2) is 0 Å². The number of benzene rings is 5. The van der Waals surface area contributed by atoms with E-state index in [4.69, 9.17) is 0 Å². The average Bonchev–Trinajstić information content (AvgIpc) is 3.77. The van der Waals surface area contributed by atoms with Gasteiger partial charge in [-0.2, -0.15) is 0 Å². The van der Waals surface area contributed by atoms with Crippen LogP contribution in [0, 0.1) is 20.2 Å². The number of carbonyl (C=O) groups excluding carboxylic acids is 6. The van der Waals surface area contributed by atoms with Crippen LogP contribution in [0.15, 0.2) is 78.9 Å². The first kappa shape index (κ1) is 42.0. The summed E-state index contributed by atoms with van der Waals surface area (Å²) in [6.07, 6.45) is 2.14. The second-order valence-corrected chi connectivity index (χ2v) is 14.6. The minimum atomic E-state index is -0.862. The SMILES string of the molecule is Cl.O=C(NCCNCCN1C(=O)c2cccc3cc([N+](=O)[O-])cc(c23)C1=O)c1cc(C(=O)NCCN2CCCC2)cc(N2C(=O)c3cccc4cc([N+](=O)[O-])cc(c34)C2=O)c1. The summed E-state index contributed by atoms with van der Waals surface area (Å²) in [4.78, 5) is 108. The molecule has 0 saturated carbocycles. The van der Waals surface area contributed by atoms with Gasteiger partial charge in [0, 0.05) is 96.6 Å². The van der Waals surface area contributed by atoms with Crippen molar-refractivity contribution in [3.63, 3.8) is 0 Å². The Bertz CT molecular complexity index is 2720. The highest BCUT2D eigenvalue weighted by atomic mass is 35.5. The summed E-state index contributed by atoms with van der Waals surface area (Å²) in [5, 5.41) is 33.3. The van der Waals surface area contributed by atoms with Crippen LogP contribution in [0.2, 0.25) is 0 Å². The minimum Gasteiger partial charge on any atom is -0.351 e. The second-order valence-electron chi connectivity index (χ2n) is 14.6. The maximum atomic E-state index is 14.0. The van der Waals surface area contributed by atoms with Crippen molar-refractivity contribution in [2.24, 2.45) is 0 Å². The quantitative estimate of drug-likeness (QED) is 0.0608. The normalized spacial score (nSPS) is 14.7. The molecule has 0 atom stereocenters. The Morgan fingerprint density at radius 2 is 1.10 bits per heavy atom. The number of nitrogens with one attached hydrogen (secondary N) is 3. The van der Waals surface area contributed by atoms with E-state index in [1.54, 1.807) is 30.3 Å². The number of amides is 6. The maximum Gasteiger partial charge on any atom is 0.270 e. The van der Waals surface area contributed by atoms with Gasteiger partial charge in [-0.05, 0) is 67.0 Å². The number of likely N-dealkylation sites (tertiary alicyclic amines) is 1. The van der Waals surface area contributed by atoms with Crippen LogP contribution in [0.25, 0.3) is 21.5 Å². The number of nitro benzene ring substituents is 2. The molecular formula is C42H37ClN8O10. The molecule has 0 unspecified atom stereocenters. The van der Waals surface area contributed by atoms with E-state index in [1.807, 2.05) is 0 Å². The molecule has 0 aliphatic carbocycles. The number of non-ortho nitro benzene ring substituents is 2. The lowest BCUT2D eigenvalue weighted by Crippen LogP contribution is -2.44. The average molecular weight is 849 g/mol. The molecule has 61 heavy (non-hydrogen) atoms. The van der Waals surface area contributed by atoms with Gasteiger partial charge < -0.3 is 20.9 Å². The van der Waals surface area contributed by atoms with E-state index < -0.39 is 45.3 Å². The summed E-state index contributed by atoms with van der Waals surface area (Å²) >= 11 is 0. The van der Waals surface area contributed by atoms with Crippen LogP contribution < -0.4 is 20.9 Å². The molecule has 0 spiro atoms. The number of anilines is 1. The predicted octanol–water partition coefficient (Wildman–Crippen LogP) is 4.47. The molecule has 1 fully saturated rings. The standard InChI is InChI=1S/C42H36N8O10.ClH/c51-37(44-10-9-43-11-16-47-39(53)31-7-3-5-24-18-29(49(57)58)22-33(35(24)31)40(47)54)26-17-27(38(52)45-12-15-46-13-1-2-14-46)21-28(20-26)48-41(55)32-8-4-6-25-19-30(50(59)60)23-34(36(25)32)42(48)56;/h3-8,17-23,43H,1-2,9-16H2,(H,44,51)(H,45,52);1H. The van der Waals surface area contributed by atoms with Crippen LogP contribution in [0.1, 0.15) is 75.0 Å². The number of hydrogen-bond donors (Lipinski definition) is 3. The summed E-state index contributed by atoms with van der Waals surface area (Å²) in [6, 6.07) is 18.2. The van der Waals surface area contributed by atoms with Gasteiger partial charge >= 0.3 is 0 Å². The number of nitro groups is 2. The van der Waals surface area contributed by atoms with E-state index in [2.05, 4.69) is 20.9 Å². The van der Waals surface area contributed by atoms with Gasteiger partial charge in [-0.15, -0.1) is 12.4 Å². The Balaban J connectivity index is 0.00000561. The van der Waals surface area contributed by atoms with Crippen LogP contribution in [0.3, 0.4) is 0 Å². The maximum absolute atomic E-state index is 14.0. The Kier molecular flexibility index (Phi) is 11.8. The molecule has 6 amide bonds. The van der Waals surface area contributed by atoms with Crippen molar-refractivity contribution >= 4 is 86.5 Å². The third kappa shape index (κ3) is 7.98. The molecule has 0 aromatic heterocycles. The molecular weight excluding hydrogens is 812 g/mol. The second kappa shape index (κ2) is 17.2. The molecule has 3 heterocycles. The zero-order chi connectivity index (χ0) is 42.2. The number of rotatable bonds is 14. The van der Waals surface area contributed by atoms with E-state index in [9.17, 15) is 49.0 Å². The first-order valence-electron chi connectivity index (χ1n) is 19.2. The van der Waals surface area contributed by atoms with Crippen molar-refractivity contribution in [2.75, 3.05) is 57.3 Å². The van der Waals surface area contributed by atoms with Gasteiger partial charge in [-0.3, -0.25) is 53.9 Å². The third-order valence-electron chi connectivity index (χ3n) is 10.9. The van der Waals surface area contributed by atoms with Gasteiger partial charge in [0.2, 0.25) is 0 Å². The molecule has 3 aliphatic rings. The van der Waals surface area contributed by atoms with Crippen LogP contribution in [-0.2, 0) is 0 Å². The van der Waals surface area contributed by atoms with E-state index >= 15 is 0 Å². The Labute approximate surface area is 352 Å². The number of imide groups is 2. The van der Waals surface area contributed by atoms with Crippen LogP contribution in [0.4, 0.5) is 17.1 Å². The van der Waals surface area contributed by atoms with E-state index in [-0.39, 0.29) is 94.4 Å². The summed E-state index contributed by atoms with van der Waals surface area (Å²) in [5.74, 6) is -3.99. The van der Waals surface area contributed by atoms with E-state index in [0.29, 0.717) is 29.2 Å². The third-order valence-corrected chi connectivity index (χ3v) is 10.9. The molecule has 312 valence electrons. The van der Waals surface area contributed by atoms with Gasteiger partial charge in [-0.1, -0.05) is 24.3 Å². The minimum absolute atomic E-state index is 0. The lowest BCUT2D eigenvalue weighted by molar-refractivity contribution is -0.384. The zero-order valence-corrected chi connectivity index (χ0v) is 33.1. The monoisotopic (exact) mass is 848 g/mol. The highest BCUT2D eigenvalue weighted by Crippen LogP contribution is 2.37. The van der Waals surface area contributed by atoms with Crippen molar-refractivity contribution in [3.05, 3.63) is 132 Å². The fourth-order valence-corrected chi connectivity index (χ4v) is 8.00. The fourth-order valence-electron chi connectivity index (χ4n) is 8.00. The predicted molar refractivity (Wildman–Crippen MR) is 225 cm³/mol.